The van der Waals surface area contributed by atoms with Crippen molar-refractivity contribution in [1.29, 1.82) is 0 Å². The molecule has 94 valence electrons. The van der Waals surface area contributed by atoms with Crippen LogP contribution in [0.1, 0.15) is 33.1 Å². The molecule has 1 aliphatic rings. The van der Waals surface area contributed by atoms with Gasteiger partial charge in [0.05, 0.1) is 17.4 Å². The molecule has 17 heavy (non-hydrogen) atoms. The van der Waals surface area contributed by atoms with Crippen molar-refractivity contribution in [1.82, 2.24) is 15.1 Å². The third-order valence-electron chi connectivity index (χ3n) is 3.50. The van der Waals surface area contributed by atoms with Gasteiger partial charge in [-0.15, -0.1) is 0 Å². The molecule has 2 heterocycles. The minimum absolute atomic E-state index is 0.0631. The van der Waals surface area contributed by atoms with Gasteiger partial charge in [-0.25, -0.2) is 0 Å². The van der Waals surface area contributed by atoms with Crippen molar-refractivity contribution < 1.29 is 4.79 Å². The molecule has 1 aromatic heterocycles. The summed E-state index contributed by atoms with van der Waals surface area (Å²) in [4.78, 5) is 12.3. The van der Waals surface area contributed by atoms with E-state index in [-0.39, 0.29) is 11.4 Å². The number of rotatable bonds is 4. The zero-order valence-electron chi connectivity index (χ0n) is 10.5. The van der Waals surface area contributed by atoms with Crippen LogP contribution in [-0.4, -0.2) is 27.8 Å². The third kappa shape index (κ3) is 2.34. The van der Waals surface area contributed by atoms with Crippen LogP contribution in [0.5, 0.6) is 0 Å². The van der Waals surface area contributed by atoms with Crippen LogP contribution in [0.4, 0.5) is 5.69 Å². The predicted molar refractivity (Wildman–Crippen MR) is 66.8 cm³/mol. The Morgan fingerprint density at radius 3 is 3.00 bits per heavy atom. The lowest BCUT2D eigenvalue weighted by atomic mass is 9.93. The lowest BCUT2D eigenvalue weighted by Crippen LogP contribution is -2.50. The SMILES string of the molecule is CCn1cc(NC(=O)C2(CC)CCCN2)cn1. The number of aromatic nitrogens is 2. The summed E-state index contributed by atoms with van der Waals surface area (Å²) in [6, 6.07) is 0. The van der Waals surface area contributed by atoms with Crippen LogP contribution in [0.2, 0.25) is 0 Å². The summed E-state index contributed by atoms with van der Waals surface area (Å²) in [5.41, 5.74) is 0.396. The number of hydrogen-bond donors (Lipinski definition) is 2. The summed E-state index contributed by atoms with van der Waals surface area (Å²) in [6.07, 6.45) is 6.35. The maximum absolute atomic E-state index is 12.3. The van der Waals surface area contributed by atoms with Gasteiger partial charge in [0.25, 0.3) is 0 Å². The van der Waals surface area contributed by atoms with Gasteiger partial charge >= 0.3 is 0 Å². The highest BCUT2D eigenvalue weighted by Crippen LogP contribution is 2.24. The molecule has 0 aromatic carbocycles. The van der Waals surface area contributed by atoms with Crippen molar-refractivity contribution in [2.24, 2.45) is 0 Å². The second-order valence-electron chi connectivity index (χ2n) is 4.50. The molecule has 0 saturated carbocycles. The van der Waals surface area contributed by atoms with Crippen molar-refractivity contribution in [2.45, 2.75) is 45.2 Å². The lowest BCUT2D eigenvalue weighted by Gasteiger charge is -2.26. The fourth-order valence-electron chi connectivity index (χ4n) is 2.31. The first-order valence-corrected chi connectivity index (χ1v) is 6.29. The van der Waals surface area contributed by atoms with Gasteiger partial charge in [-0.3, -0.25) is 9.48 Å². The molecule has 0 radical (unpaired) electrons. The first-order valence-electron chi connectivity index (χ1n) is 6.29. The van der Waals surface area contributed by atoms with Crippen LogP contribution in [0.15, 0.2) is 12.4 Å². The fraction of sp³-hybridized carbons (Fsp3) is 0.667. The summed E-state index contributed by atoms with van der Waals surface area (Å²) >= 11 is 0. The van der Waals surface area contributed by atoms with Gasteiger partial charge in [-0.1, -0.05) is 6.92 Å². The van der Waals surface area contributed by atoms with Gasteiger partial charge in [0.2, 0.25) is 5.91 Å². The fourth-order valence-corrected chi connectivity index (χ4v) is 2.31. The van der Waals surface area contributed by atoms with E-state index in [1.165, 1.54) is 0 Å². The highest BCUT2D eigenvalue weighted by molar-refractivity contribution is 5.98. The molecule has 0 aliphatic carbocycles. The van der Waals surface area contributed by atoms with Crippen molar-refractivity contribution in [2.75, 3.05) is 11.9 Å². The molecule has 1 aromatic rings. The van der Waals surface area contributed by atoms with Crippen LogP contribution in [-0.2, 0) is 11.3 Å². The molecule has 5 nitrogen and oxygen atoms in total. The molecule has 5 heteroatoms. The van der Waals surface area contributed by atoms with Crippen molar-refractivity contribution in [3.63, 3.8) is 0 Å². The molecule has 1 saturated heterocycles. The van der Waals surface area contributed by atoms with E-state index >= 15 is 0 Å². The molecule has 0 bridgehead atoms. The minimum atomic E-state index is -0.381. The van der Waals surface area contributed by atoms with E-state index in [0.29, 0.717) is 0 Å². The number of hydrogen-bond acceptors (Lipinski definition) is 3. The number of nitrogens with one attached hydrogen (secondary N) is 2. The molecule has 1 unspecified atom stereocenters. The highest BCUT2D eigenvalue weighted by Gasteiger charge is 2.39. The Balaban J connectivity index is 2.05. The highest BCUT2D eigenvalue weighted by atomic mass is 16.2. The van der Waals surface area contributed by atoms with Crippen molar-refractivity contribution in [3.05, 3.63) is 12.4 Å². The van der Waals surface area contributed by atoms with Crippen LogP contribution in [0, 0.1) is 0 Å². The standard InChI is InChI=1S/C12H20N4O/c1-3-12(6-5-7-13-12)11(17)15-10-8-14-16(4-2)9-10/h8-9,13H,3-7H2,1-2H3,(H,15,17). The van der Waals surface area contributed by atoms with Gasteiger partial charge in [0, 0.05) is 12.7 Å². The summed E-state index contributed by atoms with van der Waals surface area (Å²) in [5.74, 6) is 0.0631. The molecular weight excluding hydrogens is 216 g/mol. The zero-order valence-corrected chi connectivity index (χ0v) is 10.5. The van der Waals surface area contributed by atoms with Crippen LogP contribution >= 0.6 is 0 Å². The minimum Gasteiger partial charge on any atom is -0.322 e. The van der Waals surface area contributed by atoms with Gasteiger partial charge < -0.3 is 10.6 Å². The van der Waals surface area contributed by atoms with Gasteiger partial charge in [-0.2, -0.15) is 5.10 Å². The summed E-state index contributed by atoms with van der Waals surface area (Å²) in [7, 11) is 0. The van der Waals surface area contributed by atoms with Crippen LogP contribution in [0.25, 0.3) is 0 Å². The number of amides is 1. The Morgan fingerprint density at radius 1 is 1.65 bits per heavy atom. The number of carbonyl (C=O) groups is 1. The lowest BCUT2D eigenvalue weighted by molar-refractivity contribution is -0.122. The van der Waals surface area contributed by atoms with Crippen molar-refractivity contribution >= 4 is 11.6 Å². The predicted octanol–water partition coefficient (Wildman–Crippen LogP) is 1.37. The van der Waals surface area contributed by atoms with Gasteiger partial charge in [0.15, 0.2) is 0 Å². The van der Waals surface area contributed by atoms with Gasteiger partial charge in [-0.05, 0) is 32.7 Å². The monoisotopic (exact) mass is 236 g/mol. The number of anilines is 1. The quantitative estimate of drug-likeness (QED) is 0.830. The Bertz CT molecular complexity index is 393. The van der Waals surface area contributed by atoms with Crippen LogP contribution in [0.3, 0.4) is 0 Å². The largest absolute Gasteiger partial charge is 0.322 e. The summed E-state index contributed by atoms with van der Waals surface area (Å²) in [5, 5.41) is 10.4. The second kappa shape index (κ2) is 4.87. The molecule has 2 rings (SSSR count). The Hall–Kier alpha value is -1.36. The topological polar surface area (TPSA) is 59.0 Å². The first kappa shape index (κ1) is 12.1. The number of carbonyl (C=O) groups excluding carboxylic acids is 1. The van der Waals surface area contributed by atoms with E-state index in [4.69, 9.17) is 0 Å². The number of aryl methyl sites for hydroxylation is 1. The zero-order chi connectivity index (χ0) is 12.3. The summed E-state index contributed by atoms with van der Waals surface area (Å²) < 4.78 is 1.80. The Morgan fingerprint density at radius 2 is 2.47 bits per heavy atom. The molecule has 2 N–H and O–H groups in total. The van der Waals surface area contributed by atoms with E-state index in [9.17, 15) is 4.79 Å². The van der Waals surface area contributed by atoms with E-state index in [0.717, 1.165) is 38.0 Å². The summed E-state index contributed by atoms with van der Waals surface area (Å²) in [6.45, 7) is 5.81. The molecule has 1 fully saturated rings. The molecule has 1 atom stereocenters. The van der Waals surface area contributed by atoms with E-state index < -0.39 is 0 Å². The van der Waals surface area contributed by atoms with E-state index in [2.05, 4.69) is 15.7 Å². The molecular formula is C12H20N4O. The molecule has 1 aliphatic heterocycles. The van der Waals surface area contributed by atoms with Crippen molar-refractivity contribution in [3.8, 4) is 0 Å². The molecule has 1 amide bonds. The Labute approximate surface area is 102 Å². The second-order valence-corrected chi connectivity index (χ2v) is 4.50. The molecule has 0 spiro atoms. The average molecular weight is 236 g/mol. The number of nitrogens with zero attached hydrogens (tertiary/aromatic N) is 2. The van der Waals surface area contributed by atoms with Crippen LogP contribution < -0.4 is 10.6 Å². The van der Waals surface area contributed by atoms with Gasteiger partial charge in [0.1, 0.15) is 0 Å². The maximum Gasteiger partial charge on any atom is 0.244 e. The van der Waals surface area contributed by atoms with E-state index in [1.807, 2.05) is 20.0 Å². The maximum atomic E-state index is 12.3. The first-order chi connectivity index (χ1) is 8.20. The average Bonchev–Trinajstić information content (AvgIpc) is 2.97. The third-order valence-corrected chi connectivity index (χ3v) is 3.50. The van der Waals surface area contributed by atoms with E-state index in [1.54, 1.807) is 10.9 Å². The Kier molecular flexibility index (Phi) is 3.47. The normalized spacial score (nSPS) is 23.9. The smallest absolute Gasteiger partial charge is 0.244 e.